The number of hydrogen-bond acceptors (Lipinski definition) is 7. The maximum Gasteiger partial charge on any atom is 0.230 e. The van der Waals surface area contributed by atoms with Gasteiger partial charge in [0.05, 0.1) is 27.7 Å². The Morgan fingerprint density at radius 3 is 2.68 bits per heavy atom. The van der Waals surface area contributed by atoms with Gasteiger partial charge in [0.15, 0.2) is 23.0 Å². The van der Waals surface area contributed by atoms with Crippen molar-refractivity contribution < 1.29 is 18.7 Å². The summed E-state index contributed by atoms with van der Waals surface area (Å²) in [5, 5.41) is 5.47. The molecule has 0 fully saturated rings. The van der Waals surface area contributed by atoms with Gasteiger partial charge in [-0.05, 0) is 36.0 Å². The van der Waals surface area contributed by atoms with E-state index in [-0.39, 0.29) is 23.2 Å². The number of pyridine rings is 1. The molecule has 0 aliphatic heterocycles. The summed E-state index contributed by atoms with van der Waals surface area (Å²) in [5.41, 5.74) is 2.33. The second-order valence-electron chi connectivity index (χ2n) is 8.23. The molecule has 0 bridgehead atoms. The molecular weight excluding hydrogens is 525 g/mol. The standard InChI is InChI=1S/C27H20FN5O3S2/c1-33-18(15-34)14-30-26(33)23-13-20-25(38-23)22(9-10-29-20)36-21-8-7-17(12-19(21)28)31-27(37)32-24(35)11-16-5-3-2-4-6-16/h2-10,12-15H,11H2,1H3,(H2,31,32,35,37). The third-order valence-corrected chi connectivity index (χ3v) is 6.95. The average Bonchev–Trinajstić information content (AvgIpc) is 3.49. The number of carbonyl (C=O) groups is 2. The van der Waals surface area contributed by atoms with E-state index in [4.69, 9.17) is 17.0 Å². The lowest BCUT2D eigenvalue weighted by molar-refractivity contribution is -0.119. The summed E-state index contributed by atoms with van der Waals surface area (Å²) in [6.45, 7) is 0. The number of nitrogens with one attached hydrogen (secondary N) is 2. The Bertz CT molecular complexity index is 1670. The van der Waals surface area contributed by atoms with Gasteiger partial charge < -0.3 is 19.9 Å². The Morgan fingerprint density at radius 1 is 1.13 bits per heavy atom. The summed E-state index contributed by atoms with van der Waals surface area (Å²) in [6.07, 6.45) is 3.99. The molecule has 8 nitrogen and oxygen atoms in total. The topological polar surface area (TPSA) is 98.1 Å². The molecule has 0 atom stereocenters. The van der Waals surface area contributed by atoms with Gasteiger partial charge in [-0.15, -0.1) is 11.3 Å². The minimum absolute atomic E-state index is 0.0114. The Labute approximate surface area is 226 Å². The van der Waals surface area contributed by atoms with Gasteiger partial charge in [-0.1, -0.05) is 30.3 Å². The fourth-order valence-corrected chi connectivity index (χ4v) is 5.09. The molecule has 2 N–H and O–H groups in total. The summed E-state index contributed by atoms with van der Waals surface area (Å²) >= 11 is 6.57. The Kier molecular flexibility index (Phi) is 7.20. The average molecular weight is 546 g/mol. The molecule has 0 radical (unpaired) electrons. The number of carbonyl (C=O) groups excluding carboxylic acids is 2. The van der Waals surface area contributed by atoms with Crippen LogP contribution in [0.15, 0.2) is 73.1 Å². The molecular formula is C27H20FN5O3S2. The maximum atomic E-state index is 14.9. The predicted molar refractivity (Wildman–Crippen MR) is 148 cm³/mol. The zero-order chi connectivity index (χ0) is 26.6. The molecule has 38 heavy (non-hydrogen) atoms. The van der Waals surface area contributed by atoms with Crippen LogP contribution < -0.4 is 15.4 Å². The first-order valence-electron chi connectivity index (χ1n) is 11.4. The van der Waals surface area contributed by atoms with Crippen molar-refractivity contribution in [2.75, 3.05) is 5.32 Å². The Morgan fingerprint density at radius 2 is 1.95 bits per heavy atom. The molecule has 0 spiro atoms. The molecule has 0 unspecified atom stereocenters. The molecule has 190 valence electrons. The third-order valence-electron chi connectivity index (χ3n) is 5.61. The molecule has 0 aliphatic rings. The second kappa shape index (κ2) is 10.9. The number of rotatable bonds is 7. The number of thiophene rings is 1. The minimum atomic E-state index is -0.616. The number of anilines is 1. The minimum Gasteiger partial charge on any atom is -0.453 e. The molecule has 3 heterocycles. The number of imidazole rings is 1. The van der Waals surface area contributed by atoms with E-state index in [0.717, 1.165) is 16.7 Å². The summed E-state index contributed by atoms with van der Waals surface area (Å²) in [5.74, 6) is 0.167. The van der Waals surface area contributed by atoms with E-state index in [1.54, 1.807) is 29.9 Å². The molecule has 0 saturated heterocycles. The number of aldehydes is 1. The monoisotopic (exact) mass is 545 g/mol. The number of halogens is 1. The molecule has 0 aliphatic carbocycles. The highest BCUT2D eigenvalue weighted by Crippen LogP contribution is 2.39. The SMILES string of the molecule is Cn1c(C=O)cnc1-c1cc2nccc(Oc3ccc(NC(=S)NC(=O)Cc4ccccc4)cc3F)c2s1. The summed E-state index contributed by atoms with van der Waals surface area (Å²) < 4.78 is 23.3. The lowest BCUT2D eigenvalue weighted by Crippen LogP contribution is -2.35. The van der Waals surface area contributed by atoms with Gasteiger partial charge in [0.25, 0.3) is 0 Å². The van der Waals surface area contributed by atoms with Crippen LogP contribution in [0.2, 0.25) is 0 Å². The van der Waals surface area contributed by atoms with E-state index in [2.05, 4.69) is 20.6 Å². The van der Waals surface area contributed by atoms with Gasteiger partial charge in [0, 0.05) is 31.1 Å². The van der Waals surface area contributed by atoms with Gasteiger partial charge in [0.1, 0.15) is 17.3 Å². The van der Waals surface area contributed by atoms with Crippen molar-refractivity contribution in [3.8, 4) is 22.2 Å². The van der Waals surface area contributed by atoms with Crippen LogP contribution in [0.5, 0.6) is 11.5 Å². The molecule has 0 saturated carbocycles. The van der Waals surface area contributed by atoms with Gasteiger partial charge in [0.2, 0.25) is 5.91 Å². The van der Waals surface area contributed by atoms with Crippen LogP contribution in [0, 0.1) is 5.82 Å². The highest BCUT2D eigenvalue weighted by molar-refractivity contribution is 7.80. The van der Waals surface area contributed by atoms with E-state index in [1.807, 2.05) is 36.4 Å². The number of fused-ring (bicyclic) bond motifs is 1. The largest absolute Gasteiger partial charge is 0.453 e. The number of thiocarbonyl (C=S) groups is 1. The number of nitrogens with zero attached hydrogens (tertiary/aromatic N) is 3. The van der Waals surface area contributed by atoms with Crippen molar-refractivity contribution in [3.63, 3.8) is 0 Å². The van der Waals surface area contributed by atoms with E-state index in [1.165, 1.54) is 29.7 Å². The normalized spacial score (nSPS) is 10.8. The molecule has 5 rings (SSSR count). The van der Waals surface area contributed by atoms with Crippen molar-refractivity contribution in [1.29, 1.82) is 0 Å². The Hall–Kier alpha value is -4.48. The van der Waals surface area contributed by atoms with Crippen LogP contribution >= 0.6 is 23.6 Å². The zero-order valence-electron chi connectivity index (χ0n) is 20.0. The first kappa shape index (κ1) is 25.2. The number of benzene rings is 2. The molecule has 2 aromatic carbocycles. The zero-order valence-corrected chi connectivity index (χ0v) is 21.6. The predicted octanol–water partition coefficient (Wildman–Crippen LogP) is 5.50. The molecule has 5 aromatic rings. The van der Waals surface area contributed by atoms with E-state index < -0.39 is 5.82 Å². The van der Waals surface area contributed by atoms with Crippen molar-refractivity contribution >= 4 is 56.8 Å². The molecule has 11 heteroatoms. The quantitative estimate of drug-likeness (QED) is 0.206. The van der Waals surface area contributed by atoms with E-state index in [0.29, 0.717) is 33.2 Å². The first-order chi connectivity index (χ1) is 18.4. The van der Waals surface area contributed by atoms with Gasteiger partial charge in [-0.2, -0.15) is 0 Å². The lowest BCUT2D eigenvalue weighted by Gasteiger charge is -2.12. The van der Waals surface area contributed by atoms with Gasteiger partial charge >= 0.3 is 0 Å². The summed E-state index contributed by atoms with van der Waals surface area (Å²) in [6, 6.07) is 17.1. The van der Waals surface area contributed by atoms with Crippen LogP contribution in [-0.4, -0.2) is 31.8 Å². The van der Waals surface area contributed by atoms with Crippen molar-refractivity contribution in [3.05, 3.63) is 90.1 Å². The van der Waals surface area contributed by atoms with Crippen LogP contribution in [0.25, 0.3) is 20.9 Å². The van der Waals surface area contributed by atoms with E-state index in [9.17, 15) is 14.0 Å². The van der Waals surface area contributed by atoms with Crippen LogP contribution in [0.4, 0.5) is 10.1 Å². The van der Waals surface area contributed by atoms with E-state index >= 15 is 0 Å². The van der Waals surface area contributed by atoms with Crippen molar-refractivity contribution in [2.24, 2.45) is 7.05 Å². The first-order valence-corrected chi connectivity index (χ1v) is 12.6. The van der Waals surface area contributed by atoms with Crippen LogP contribution in [-0.2, 0) is 18.3 Å². The number of aromatic nitrogens is 3. The fourth-order valence-electron chi connectivity index (χ4n) is 3.76. The van der Waals surface area contributed by atoms with Crippen LogP contribution in [0.1, 0.15) is 16.1 Å². The number of hydrogen-bond donors (Lipinski definition) is 2. The number of amides is 1. The fraction of sp³-hybridized carbons (Fsp3) is 0.0741. The van der Waals surface area contributed by atoms with Crippen molar-refractivity contribution in [1.82, 2.24) is 19.9 Å². The lowest BCUT2D eigenvalue weighted by atomic mass is 10.1. The number of ether oxygens (including phenoxy) is 1. The molecule has 3 aromatic heterocycles. The highest BCUT2D eigenvalue weighted by atomic mass is 32.1. The second-order valence-corrected chi connectivity index (χ2v) is 9.69. The Balaban J connectivity index is 1.28. The maximum absolute atomic E-state index is 14.9. The van der Waals surface area contributed by atoms with Gasteiger partial charge in [-0.3, -0.25) is 14.6 Å². The smallest absolute Gasteiger partial charge is 0.230 e. The molecule has 1 amide bonds. The summed E-state index contributed by atoms with van der Waals surface area (Å²) in [4.78, 5) is 32.9. The third kappa shape index (κ3) is 5.43. The highest BCUT2D eigenvalue weighted by Gasteiger charge is 2.16. The summed E-state index contributed by atoms with van der Waals surface area (Å²) in [7, 11) is 1.76. The van der Waals surface area contributed by atoms with Crippen molar-refractivity contribution in [2.45, 2.75) is 6.42 Å². The van der Waals surface area contributed by atoms with Gasteiger partial charge in [-0.25, -0.2) is 9.37 Å². The van der Waals surface area contributed by atoms with Crippen LogP contribution in [0.3, 0.4) is 0 Å².